The average molecular weight is 271 g/mol. The molecule has 0 bridgehead atoms. The molecule has 3 heteroatoms. The zero-order chi connectivity index (χ0) is 10.7. The highest BCUT2D eigenvalue weighted by atomic mass is 79.9. The van der Waals surface area contributed by atoms with Crippen LogP contribution in [0.25, 0.3) is 0 Å². The van der Waals surface area contributed by atoms with Crippen LogP contribution in [0.5, 0.6) is 0 Å². The molecule has 0 saturated heterocycles. The molecular weight excluding hydrogens is 252 g/mol. The van der Waals surface area contributed by atoms with Crippen molar-refractivity contribution in [2.45, 2.75) is 56.3 Å². The molecule has 0 N–H and O–H groups in total. The van der Waals surface area contributed by atoms with Crippen molar-refractivity contribution in [3.63, 3.8) is 0 Å². The van der Waals surface area contributed by atoms with Gasteiger partial charge in [-0.25, -0.2) is 0 Å². The van der Waals surface area contributed by atoms with Gasteiger partial charge in [0.2, 0.25) is 0 Å². The standard InChI is InChI=1S/C12H19BrN2/c1-2-6-15-9-11(8-14-15)10-4-3-5-12(13)7-10/h8-10,12H,2-7H2,1H3. The summed E-state index contributed by atoms with van der Waals surface area (Å²) in [4.78, 5) is 0.714. The van der Waals surface area contributed by atoms with Crippen LogP contribution in [0.1, 0.15) is 50.5 Å². The van der Waals surface area contributed by atoms with Crippen molar-refractivity contribution < 1.29 is 0 Å². The Kier molecular flexibility index (Phi) is 3.84. The summed E-state index contributed by atoms with van der Waals surface area (Å²) in [5.74, 6) is 0.730. The van der Waals surface area contributed by atoms with E-state index in [1.165, 1.54) is 31.2 Å². The monoisotopic (exact) mass is 270 g/mol. The number of hydrogen-bond acceptors (Lipinski definition) is 1. The van der Waals surface area contributed by atoms with Crippen LogP contribution in [0.4, 0.5) is 0 Å². The minimum Gasteiger partial charge on any atom is -0.272 e. The van der Waals surface area contributed by atoms with Gasteiger partial charge in [0.05, 0.1) is 6.20 Å². The Bertz CT molecular complexity index is 308. The molecule has 0 spiro atoms. The summed E-state index contributed by atoms with van der Waals surface area (Å²) in [5, 5.41) is 4.41. The Hall–Kier alpha value is -0.310. The Morgan fingerprint density at radius 3 is 3.13 bits per heavy atom. The molecule has 2 nitrogen and oxygen atoms in total. The smallest absolute Gasteiger partial charge is 0.0524 e. The van der Waals surface area contributed by atoms with E-state index in [0.717, 1.165) is 18.9 Å². The van der Waals surface area contributed by atoms with Crippen LogP contribution >= 0.6 is 15.9 Å². The summed E-state index contributed by atoms with van der Waals surface area (Å²) < 4.78 is 2.08. The lowest BCUT2D eigenvalue weighted by Gasteiger charge is -2.24. The van der Waals surface area contributed by atoms with E-state index < -0.39 is 0 Å². The first-order valence-corrected chi connectivity index (χ1v) is 6.87. The molecule has 0 amide bonds. The van der Waals surface area contributed by atoms with Crippen LogP contribution < -0.4 is 0 Å². The van der Waals surface area contributed by atoms with E-state index in [1.54, 1.807) is 0 Å². The second kappa shape index (κ2) is 5.15. The number of alkyl halides is 1. The molecule has 0 aliphatic heterocycles. The van der Waals surface area contributed by atoms with Crippen molar-refractivity contribution in [2.24, 2.45) is 0 Å². The van der Waals surface area contributed by atoms with Gasteiger partial charge in [-0.1, -0.05) is 29.3 Å². The Morgan fingerprint density at radius 2 is 2.40 bits per heavy atom. The van der Waals surface area contributed by atoms with E-state index in [-0.39, 0.29) is 0 Å². The quantitative estimate of drug-likeness (QED) is 0.766. The fourth-order valence-corrected chi connectivity index (χ4v) is 3.15. The van der Waals surface area contributed by atoms with Gasteiger partial charge < -0.3 is 0 Å². The molecule has 0 radical (unpaired) electrons. The summed E-state index contributed by atoms with van der Waals surface area (Å²) in [6.45, 7) is 3.24. The largest absolute Gasteiger partial charge is 0.272 e. The highest BCUT2D eigenvalue weighted by molar-refractivity contribution is 9.09. The zero-order valence-corrected chi connectivity index (χ0v) is 10.9. The second-order valence-corrected chi connectivity index (χ2v) is 5.79. The molecule has 0 aromatic carbocycles. The molecule has 15 heavy (non-hydrogen) atoms. The van der Waals surface area contributed by atoms with E-state index in [0.29, 0.717) is 4.83 Å². The van der Waals surface area contributed by atoms with Gasteiger partial charge in [0, 0.05) is 17.6 Å². The summed E-state index contributed by atoms with van der Waals surface area (Å²) in [7, 11) is 0. The maximum atomic E-state index is 4.41. The van der Waals surface area contributed by atoms with E-state index in [9.17, 15) is 0 Å². The number of aromatic nitrogens is 2. The van der Waals surface area contributed by atoms with Gasteiger partial charge in [-0.2, -0.15) is 5.10 Å². The van der Waals surface area contributed by atoms with Crippen LogP contribution in [-0.2, 0) is 6.54 Å². The zero-order valence-electron chi connectivity index (χ0n) is 9.32. The van der Waals surface area contributed by atoms with Crippen LogP contribution in [0.15, 0.2) is 12.4 Å². The normalized spacial score (nSPS) is 26.8. The summed E-state index contributed by atoms with van der Waals surface area (Å²) >= 11 is 3.74. The Labute approximate surface area is 100 Å². The van der Waals surface area contributed by atoms with Gasteiger partial charge in [-0.15, -0.1) is 0 Å². The lowest BCUT2D eigenvalue weighted by Crippen LogP contribution is -2.13. The lowest BCUT2D eigenvalue weighted by atomic mass is 9.85. The predicted octanol–water partition coefficient (Wildman–Crippen LogP) is 3.71. The molecule has 1 aliphatic carbocycles. The van der Waals surface area contributed by atoms with Crippen molar-refractivity contribution in [1.82, 2.24) is 9.78 Å². The molecule has 1 aliphatic rings. The molecule has 1 aromatic rings. The summed E-state index contributed by atoms with van der Waals surface area (Å²) in [6, 6.07) is 0. The molecule has 1 saturated carbocycles. The first-order chi connectivity index (χ1) is 7.29. The maximum Gasteiger partial charge on any atom is 0.0524 e. The van der Waals surface area contributed by atoms with Crippen LogP contribution in [-0.4, -0.2) is 14.6 Å². The first kappa shape index (κ1) is 11.2. The first-order valence-electron chi connectivity index (χ1n) is 5.96. The Morgan fingerprint density at radius 1 is 1.53 bits per heavy atom. The SMILES string of the molecule is CCCn1cc(C2CCCC(Br)C2)cn1. The van der Waals surface area contributed by atoms with Gasteiger partial charge in [-0.05, 0) is 37.2 Å². The molecule has 84 valence electrons. The van der Waals surface area contributed by atoms with Crippen molar-refractivity contribution >= 4 is 15.9 Å². The fraction of sp³-hybridized carbons (Fsp3) is 0.750. The highest BCUT2D eigenvalue weighted by Crippen LogP contribution is 2.35. The van der Waals surface area contributed by atoms with E-state index >= 15 is 0 Å². The number of nitrogens with zero attached hydrogens (tertiary/aromatic N) is 2. The molecule has 1 heterocycles. The van der Waals surface area contributed by atoms with E-state index in [4.69, 9.17) is 0 Å². The van der Waals surface area contributed by atoms with Crippen LogP contribution in [0, 0.1) is 0 Å². The van der Waals surface area contributed by atoms with Gasteiger partial charge in [-0.3, -0.25) is 4.68 Å². The number of aryl methyl sites for hydroxylation is 1. The lowest BCUT2D eigenvalue weighted by molar-refractivity contribution is 0.457. The maximum absolute atomic E-state index is 4.41. The molecule has 2 rings (SSSR count). The van der Waals surface area contributed by atoms with E-state index in [1.807, 2.05) is 0 Å². The van der Waals surface area contributed by atoms with Crippen LogP contribution in [0.2, 0.25) is 0 Å². The fourth-order valence-electron chi connectivity index (χ4n) is 2.37. The predicted molar refractivity (Wildman–Crippen MR) is 66.4 cm³/mol. The van der Waals surface area contributed by atoms with E-state index in [2.05, 4.69) is 45.0 Å². The van der Waals surface area contributed by atoms with Crippen molar-refractivity contribution in [3.05, 3.63) is 18.0 Å². The summed E-state index contributed by atoms with van der Waals surface area (Å²) in [5.41, 5.74) is 1.44. The van der Waals surface area contributed by atoms with Crippen molar-refractivity contribution in [1.29, 1.82) is 0 Å². The second-order valence-electron chi connectivity index (χ2n) is 4.50. The van der Waals surface area contributed by atoms with Gasteiger partial charge in [0.25, 0.3) is 0 Å². The number of halogens is 1. The minimum atomic E-state index is 0.714. The summed E-state index contributed by atoms with van der Waals surface area (Å²) in [6.07, 6.45) is 10.7. The van der Waals surface area contributed by atoms with Gasteiger partial charge >= 0.3 is 0 Å². The molecule has 1 aromatic heterocycles. The third-order valence-electron chi connectivity index (χ3n) is 3.19. The average Bonchev–Trinajstić information content (AvgIpc) is 2.67. The number of hydrogen-bond donors (Lipinski definition) is 0. The molecule has 2 atom stereocenters. The molecular formula is C12H19BrN2. The van der Waals surface area contributed by atoms with Gasteiger partial charge in [0.15, 0.2) is 0 Å². The third kappa shape index (κ3) is 2.83. The van der Waals surface area contributed by atoms with Crippen LogP contribution in [0.3, 0.4) is 0 Å². The topological polar surface area (TPSA) is 17.8 Å². The Balaban J connectivity index is 2.01. The molecule has 2 unspecified atom stereocenters. The third-order valence-corrected chi connectivity index (χ3v) is 4.02. The number of rotatable bonds is 3. The minimum absolute atomic E-state index is 0.714. The highest BCUT2D eigenvalue weighted by Gasteiger charge is 2.22. The van der Waals surface area contributed by atoms with Crippen molar-refractivity contribution in [3.8, 4) is 0 Å². The molecule has 1 fully saturated rings. The van der Waals surface area contributed by atoms with Crippen molar-refractivity contribution in [2.75, 3.05) is 0 Å². The van der Waals surface area contributed by atoms with Gasteiger partial charge in [0.1, 0.15) is 0 Å².